The van der Waals surface area contributed by atoms with Gasteiger partial charge in [-0.2, -0.15) is 0 Å². The molecular formula is C31H49F. The average molecular weight is 441 g/mol. The number of halogens is 1. The summed E-state index contributed by atoms with van der Waals surface area (Å²) in [6, 6.07) is 4.51. The maximum atomic E-state index is 15.6. The van der Waals surface area contributed by atoms with Gasteiger partial charge in [0, 0.05) is 0 Å². The molecule has 0 bridgehead atoms. The lowest BCUT2D eigenvalue weighted by Gasteiger charge is -2.42. The molecule has 0 nitrogen and oxygen atoms in total. The average Bonchev–Trinajstić information content (AvgIpc) is 2.82. The van der Waals surface area contributed by atoms with Crippen LogP contribution >= 0.6 is 0 Å². The van der Waals surface area contributed by atoms with E-state index in [1.54, 1.807) is 0 Å². The largest absolute Gasteiger partial charge is 0.206 e. The van der Waals surface area contributed by atoms with Crippen LogP contribution in [0.1, 0.15) is 139 Å². The number of hydrogen-bond donors (Lipinski definition) is 0. The predicted octanol–water partition coefficient (Wildman–Crippen LogP) is 9.78. The lowest BCUT2D eigenvalue weighted by atomic mass is 9.63. The quantitative estimate of drug-likeness (QED) is 0.317. The van der Waals surface area contributed by atoms with Gasteiger partial charge in [0.15, 0.2) is 0 Å². The summed E-state index contributed by atoms with van der Waals surface area (Å²) in [6.45, 7) is 4.58. The predicted molar refractivity (Wildman–Crippen MR) is 136 cm³/mol. The Morgan fingerprint density at radius 2 is 1.50 bits per heavy atom. The molecule has 3 aliphatic carbocycles. The summed E-state index contributed by atoms with van der Waals surface area (Å²) in [5, 5.41) is 0. The van der Waals surface area contributed by atoms with E-state index in [4.69, 9.17) is 0 Å². The minimum absolute atomic E-state index is 0.195. The highest BCUT2D eigenvalue weighted by Gasteiger charge is 2.37. The van der Waals surface area contributed by atoms with E-state index in [1.165, 1.54) is 108 Å². The van der Waals surface area contributed by atoms with Crippen molar-refractivity contribution in [2.45, 2.75) is 135 Å². The van der Waals surface area contributed by atoms with Crippen molar-refractivity contribution in [1.29, 1.82) is 0 Å². The van der Waals surface area contributed by atoms with Crippen molar-refractivity contribution in [3.05, 3.63) is 34.6 Å². The number of fused-ring (bicyclic) bond motifs is 2. The normalized spacial score (nSPS) is 30.0. The zero-order valence-corrected chi connectivity index (χ0v) is 21.1. The summed E-state index contributed by atoms with van der Waals surface area (Å²) in [6.07, 6.45) is 23.9. The van der Waals surface area contributed by atoms with Crippen molar-refractivity contribution >= 4 is 0 Å². The number of unbranched alkanes of at least 4 members (excludes halogenated alkanes) is 5. The molecule has 2 saturated carbocycles. The number of hydrogen-bond acceptors (Lipinski definition) is 0. The van der Waals surface area contributed by atoms with Crippen molar-refractivity contribution in [2.75, 3.05) is 0 Å². The van der Waals surface area contributed by atoms with Gasteiger partial charge < -0.3 is 0 Å². The number of benzene rings is 1. The third-order valence-electron chi connectivity index (χ3n) is 9.52. The van der Waals surface area contributed by atoms with E-state index in [9.17, 15) is 0 Å². The second kappa shape index (κ2) is 12.0. The topological polar surface area (TPSA) is 0 Å². The van der Waals surface area contributed by atoms with Crippen LogP contribution in [0.2, 0.25) is 0 Å². The maximum Gasteiger partial charge on any atom is 0.130 e. The Morgan fingerprint density at radius 3 is 2.34 bits per heavy atom. The number of rotatable bonds is 10. The molecule has 2 fully saturated rings. The summed E-state index contributed by atoms with van der Waals surface area (Å²) in [7, 11) is 0. The first-order chi connectivity index (χ1) is 15.7. The molecule has 4 rings (SSSR count). The molecule has 0 radical (unpaired) electrons. The van der Waals surface area contributed by atoms with Gasteiger partial charge >= 0.3 is 0 Å². The Kier molecular flexibility index (Phi) is 9.13. The lowest BCUT2D eigenvalue weighted by Crippen LogP contribution is -2.31. The third-order valence-corrected chi connectivity index (χ3v) is 9.52. The van der Waals surface area contributed by atoms with Gasteiger partial charge in [0.05, 0.1) is 0 Å². The van der Waals surface area contributed by atoms with Crippen LogP contribution in [-0.2, 0) is 12.8 Å². The Labute approximate surface area is 198 Å². The summed E-state index contributed by atoms with van der Waals surface area (Å²) in [4.78, 5) is 0. The van der Waals surface area contributed by atoms with Crippen molar-refractivity contribution in [3.8, 4) is 0 Å². The molecule has 1 aromatic carbocycles. The van der Waals surface area contributed by atoms with Gasteiger partial charge in [-0.25, -0.2) is 4.39 Å². The zero-order valence-electron chi connectivity index (χ0n) is 21.1. The Hall–Kier alpha value is -0.850. The molecule has 0 aliphatic heterocycles. The zero-order chi connectivity index (χ0) is 22.3. The van der Waals surface area contributed by atoms with Crippen molar-refractivity contribution in [1.82, 2.24) is 0 Å². The third kappa shape index (κ3) is 5.98. The highest BCUT2D eigenvalue weighted by Crippen LogP contribution is 2.49. The second-order valence-corrected chi connectivity index (χ2v) is 11.8. The van der Waals surface area contributed by atoms with Gasteiger partial charge in [-0.1, -0.05) is 90.2 Å². The first kappa shape index (κ1) is 24.3. The van der Waals surface area contributed by atoms with Crippen molar-refractivity contribution in [3.63, 3.8) is 0 Å². The summed E-state index contributed by atoms with van der Waals surface area (Å²) in [5.41, 5.74) is 3.49. The second-order valence-electron chi connectivity index (χ2n) is 11.8. The van der Waals surface area contributed by atoms with E-state index in [1.807, 2.05) is 0 Å². The molecule has 0 amide bonds. The molecule has 0 heterocycles. The van der Waals surface area contributed by atoms with E-state index in [0.29, 0.717) is 5.92 Å². The van der Waals surface area contributed by atoms with E-state index < -0.39 is 0 Å². The van der Waals surface area contributed by atoms with Gasteiger partial charge in [-0.3, -0.25) is 0 Å². The summed E-state index contributed by atoms with van der Waals surface area (Å²) < 4.78 is 15.6. The Bertz CT molecular complexity index is 707. The fourth-order valence-electron chi connectivity index (χ4n) is 7.52. The SMILES string of the molecule is CCCCCCCC1CCC2CC(c3ccc4c(c3F)CCC(CCCC)C4)CCC2C1. The molecule has 0 N–H and O–H groups in total. The van der Waals surface area contributed by atoms with Gasteiger partial charge in [-0.15, -0.1) is 0 Å². The highest BCUT2D eigenvalue weighted by atomic mass is 19.1. The van der Waals surface area contributed by atoms with Crippen LogP contribution in [0.15, 0.2) is 12.1 Å². The van der Waals surface area contributed by atoms with Gasteiger partial charge in [0.25, 0.3) is 0 Å². The minimum atomic E-state index is 0.195. The smallest absolute Gasteiger partial charge is 0.130 e. The van der Waals surface area contributed by atoms with Gasteiger partial charge in [0.2, 0.25) is 0 Å². The maximum absolute atomic E-state index is 15.6. The Balaban J connectivity index is 1.30. The molecule has 5 unspecified atom stereocenters. The highest BCUT2D eigenvalue weighted by molar-refractivity contribution is 5.38. The molecule has 3 aliphatic rings. The van der Waals surface area contributed by atoms with Crippen LogP contribution in [0.25, 0.3) is 0 Å². The van der Waals surface area contributed by atoms with E-state index in [0.717, 1.165) is 47.6 Å². The first-order valence-corrected chi connectivity index (χ1v) is 14.5. The van der Waals surface area contributed by atoms with E-state index in [2.05, 4.69) is 26.0 Å². The molecule has 32 heavy (non-hydrogen) atoms. The van der Waals surface area contributed by atoms with Crippen LogP contribution < -0.4 is 0 Å². The van der Waals surface area contributed by atoms with Crippen LogP contribution in [-0.4, -0.2) is 0 Å². The minimum Gasteiger partial charge on any atom is -0.206 e. The van der Waals surface area contributed by atoms with Crippen LogP contribution in [0.5, 0.6) is 0 Å². The molecule has 0 spiro atoms. The molecule has 0 aromatic heterocycles. The summed E-state index contributed by atoms with van der Waals surface area (Å²) in [5.74, 6) is 4.23. The molecule has 0 saturated heterocycles. The van der Waals surface area contributed by atoms with Crippen LogP contribution in [0.3, 0.4) is 0 Å². The van der Waals surface area contributed by atoms with Crippen LogP contribution in [0, 0.1) is 29.5 Å². The molecule has 180 valence electrons. The Morgan fingerprint density at radius 1 is 0.750 bits per heavy atom. The molecule has 1 aromatic rings. The molecular weight excluding hydrogens is 391 g/mol. The van der Waals surface area contributed by atoms with Gasteiger partial charge in [0.1, 0.15) is 5.82 Å². The van der Waals surface area contributed by atoms with E-state index >= 15 is 4.39 Å². The lowest BCUT2D eigenvalue weighted by molar-refractivity contribution is 0.112. The fourth-order valence-corrected chi connectivity index (χ4v) is 7.52. The molecule has 5 atom stereocenters. The van der Waals surface area contributed by atoms with Crippen molar-refractivity contribution < 1.29 is 4.39 Å². The fraction of sp³-hybridized carbons (Fsp3) is 0.806. The molecule has 1 heteroatoms. The summed E-state index contributed by atoms with van der Waals surface area (Å²) >= 11 is 0. The monoisotopic (exact) mass is 440 g/mol. The van der Waals surface area contributed by atoms with Crippen molar-refractivity contribution in [2.24, 2.45) is 23.7 Å². The first-order valence-electron chi connectivity index (χ1n) is 14.5. The van der Waals surface area contributed by atoms with Crippen LogP contribution in [0.4, 0.5) is 4.39 Å². The van der Waals surface area contributed by atoms with Gasteiger partial charge in [-0.05, 0) is 97.6 Å². The standard InChI is InChI=1S/C31H49F/c1-3-5-7-8-9-11-24-12-14-26-22-28(16-15-25(26)20-24)30-19-17-27-21-23(10-6-4-2)13-18-29(27)31(30)32/h17,19,23-26,28H,3-16,18,20-22H2,1-2H3. The van der Waals surface area contributed by atoms with E-state index in [-0.39, 0.29) is 5.82 Å².